The molecular formula is C30H30ClN5O3. The Bertz CT molecular complexity index is 1560. The average Bonchev–Trinajstić information content (AvgIpc) is 3.63. The van der Waals surface area contributed by atoms with Crippen molar-refractivity contribution < 1.29 is 9.59 Å². The van der Waals surface area contributed by atoms with Crippen LogP contribution in [0.2, 0.25) is 5.02 Å². The van der Waals surface area contributed by atoms with Crippen LogP contribution >= 0.6 is 11.6 Å². The van der Waals surface area contributed by atoms with Gasteiger partial charge >= 0.3 is 0 Å². The first-order valence-corrected chi connectivity index (χ1v) is 13.8. The SMILES string of the molecule is CC(Cc1ccccc1Cl)Nc1cc[nH]c(=O)c1C1=Nc2cc3c(cc2C1)C(=O)N(CCN1CCCC1)C3=O. The van der Waals surface area contributed by atoms with E-state index in [2.05, 4.69) is 15.2 Å². The van der Waals surface area contributed by atoms with E-state index in [1.807, 2.05) is 37.3 Å². The summed E-state index contributed by atoms with van der Waals surface area (Å²) in [5, 5.41) is 4.16. The van der Waals surface area contributed by atoms with Crippen molar-refractivity contribution >= 4 is 40.5 Å². The number of aromatic amines is 1. The first kappa shape index (κ1) is 25.5. The fraction of sp³-hybridized carbons (Fsp3) is 0.333. The van der Waals surface area contributed by atoms with Crippen LogP contribution in [0.1, 0.15) is 57.2 Å². The van der Waals surface area contributed by atoms with Crippen LogP contribution in [-0.4, -0.2) is 64.5 Å². The molecule has 2 amide bonds. The maximum absolute atomic E-state index is 13.1. The summed E-state index contributed by atoms with van der Waals surface area (Å²) in [5.41, 5.74) is 4.80. The smallest absolute Gasteiger partial charge is 0.261 e. The van der Waals surface area contributed by atoms with Gasteiger partial charge in [0.15, 0.2) is 0 Å². The molecule has 3 aromatic rings. The molecule has 1 fully saturated rings. The summed E-state index contributed by atoms with van der Waals surface area (Å²) in [6.45, 7) is 5.17. The molecule has 3 aliphatic rings. The fourth-order valence-electron chi connectivity index (χ4n) is 5.77. The van der Waals surface area contributed by atoms with Gasteiger partial charge in [-0.2, -0.15) is 0 Å². The van der Waals surface area contributed by atoms with E-state index < -0.39 is 0 Å². The second kappa shape index (κ2) is 10.4. The molecule has 1 aromatic heterocycles. The zero-order valence-electron chi connectivity index (χ0n) is 21.8. The van der Waals surface area contributed by atoms with Crippen molar-refractivity contribution in [1.82, 2.24) is 14.8 Å². The molecule has 9 heteroatoms. The lowest BCUT2D eigenvalue weighted by atomic mass is 9.99. The van der Waals surface area contributed by atoms with Gasteiger partial charge in [0, 0.05) is 36.8 Å². The maximum atomic E-state index is 13.1. The average molecular weight is 544 g/mol. The Labute approximate surface area is 231 Å². The minimum atomic E-state index is -0.269. The lowest BCUT2D eigenvalue weighted by Crippen LogP contribution is -2.37. The number of aliphatic imine (C=N–C) groups is 1. The van der Waals surface area contributed by atoms with E-state index in [9.17, 15) is 14.4 Å². The first-order valence-electron chi connectivity index (χ1n) is 13.4. The molecule has 1 unspecified atom stereocenters. The molecule has 4 heterocycles. The number of fused-ring (bicyclic) bond motifs is 2. The zero-order chi connectivity index (χ0) is 27.1. The molecule has 0 aliphatic carbocycles. The molecule has 0 bridgehead atoms. The van der Waals surface area contributed by atoms with Crippen LogP contribution < -0.4 is 10.9 Å². The highest BCUT2D eigenvalue weighted by Crippen LogP contribution is 2.36. The number of pyridine rings is 1. The third kappa shape index (κ3) is 4.90. The predicted molar refractivity (Wildman–Crippen MR) is 153 cm³/mol. The molecule has 0 spiro atoms. The summed E-state index contributed by atoms with van der Waals surface area (Å²) in [5.74, 6) is -0.521. The van der Waals surface area contributed by atoms with E-state index in [1.54, 1.807) is 18.3 Å². The Morgan fingerprint density at radius 3 is 2.54 bits per heavy atom. The molecule has 1 atom stereocenters. The number of anilines is 1. The van der Waals surface area contributed by atoms with E-state index in [0.29, 0.717) is 64.7 Å². The van der Waals surface area contributed by atoms with Crippen molar-refractivity contribution in [2.24, 2.45) is 4.99 Å². The second-order valence-electron chi connectivity index (χ2n) is 10.5. The summed E-state index contributed by atoms with van der Waals surface area (Å²) in [6, 6.07) is 13.0. The Kier molecular flexibility index (Phi) is 6.83. The Balaban J connectivity index is 1.23. The molecule has 39 heavy (non-hydrogen) atoms. The van der Waals surface area contributed by atoms with Gasteiger partial charge in [0.1, 0.15) is 0 Å². The van der Waals surface area contributed by atoms with Gasteiger partial charge in [0.2, 0.25) is 0 Å². The fourth-order valence-corrected chi connectivity index (χ4v) is 5.98. The minimum absolute atomic E-state index is 0.000384. The number of carbonyl (C=O) groups excluding carboxylic acids is 2. The van der Waals surface area contributed by atoms with Gasteiger partial charge in [-0.1, -0.05) is 29.8 Å². The van der Waals surface area contributed by atoms with E-state index in [0.717, 1.165) is 37.1 Å². The predicted octanol–water partition coefficient (Wildman–Crippen LogP) is 4.44. The number of imide groups is 1. The number of likely N-dealkylation sites (tertiary alicyclic amines) is 1. The van der Waals surface area contributed by atoms with Crippen LogP contribution in [0.3, 0.4) is 0 Å². The summed E-state index contributed by atoms with van der Waals surface area (Å²) in [4.78, 5) is 50.4. The largest absolute Gasteiger partial charge is 0.382 e. The van der Waals surface area contributed by atoms with Crippen LogP contribution in [-0.2, 0) is 12.8 Å². The highest BCUT2D eigenvalue weighted by molar-refractivity contribution is 6.31. The van der Waals surface area contributed by atoms with Crippen LogP contribution in [0.25, 0.3) is 0 Å². The maximum Gasteiger partial charge on any atom is 0.261 e. The number of hydrogen-bond donors (Lipinski definition) is 2. The van der Waals surface area contributed by atoms with Crippen molar-refractivity contribution in [1.29, 1.82) is 0 Å². The standard InChI is InChI=1S/C30H30ClN5O3/c1-18(14-19-6-2-3-7-23(19)31)33-24-8-9-32-28(37)27(24)26-16-20-15-21-22(17-25(20)34-26)30(39)36(29(21)38)13-12-35-10-4-5-11-35/h2-3,6-9,15,17-18H,4-5,10-14,16H2,1H3,(H2,32,33,37). The third-order valence-electron chi connectivity index (χ3n) is 7.76. The summed E-state index contributed by atoms with van der Waals surface area (Å²) in [6.07, 6.45) is 5.03. The molecular weight excluding hydrogens is 514 g/mol. The lowest BCUT2D eigenvalue weighted by Gasteiger charge is -2.19. The van der Waals surface area contributed by atoms with Crippen molar-refractivity contribution in [3.63, 3.8) is 0 Å². The summed E-state index contributed by atoms with van der Waals surface area (Å²) >= 11 is 6.35. The number of rotatable bonds is 8. The highest BCUT2D eigenvalue weighted by Gasteiger charge is 2.37. The van der Waals surface area contributed by atoms with Gasteiger partial charge in [0.05, 0.1) is 33.8 Å². The van der Waals surface area contributed by atoms with Crippen molar-refractivity contribution in [3.05, 3.63) is 91.9 Å². The number of nitrogens with zero attached hydrogens (tertiary/aromatic N) is 3. The quantitative estimate of drug-likeness (QED) is 0.409. The number of benzene rings is 2. The number of aromatic nitrogens is 1. The number of hydrogen-bond acceptors (Lipinski definition) is 6. The van der Waals surface area contributed by atoms with Gasteiger partial charge in [-0.05, 0) is 74.7 Å². The molecule has 6 rings (SSSR count). The first-order chi connectivity index (χ1) is 18.9. The molecule has 8 nitrogen and oxygen atoms in total. The topological polar surface area (TPSA) is 97.9 Å². The highest BCUT2D eigenvalue weighted by atomic mass is 35.5. The Morgan fingerprint density at radius 1 is 1.03 bits per heavy atom. The number of H-pyrrole nitrogens is 1. The van der Waals surface area contributed by atoms with E-state index in [-0.39, 0.29) is 23.4 Å². The van der Waals surface area contributed by atoms with Crippen LogP contribution in [0.4, 0.5) is 11.4 Å². The summed E-state index contributed by atoms with van der Waals surface area (Å²) in [7, 11) is 0. The van der Waals surface area contributed by atoms with Crippen molar-refractivity contribution in [2.75, 3.05) is 31.5 Å². The van der Waals surface area contributed by atoms with Crippen molar-refractivity contribution in [2.45, 2.75) is 38.6 Å². The van der Waals surface area contributed by atoms with Gasteiger partial charge in [-0.15, -0.1) is 0 Å². The number of carbonyl (C=O) groups is 2. The Morgan fingerprint density at radius 2 is 1.77 bits per heavy atom. The van der Waals surface area contributed by atoms with Crippen LogP contribution in [0, 0.1) is 0 Å². The third-order valence-corrected chi connectivity index (χ3v) is 8.13. The monoisotopic (exact) mass is 543 g/mol. The van der Waals surface area contributed by atoms with Gasteiger partial charge < -0.3 is 15.2 Å². The summed E-state index contributed by atoms with van der Waals surface area (Å²) < 4.78 is 0. The zero-order valence-corrected chi connectivity index (χ0v) is 22.6. The van der Waals surface area contributed by atoms with E-state index in [4.69, 9.17) is 16.6 Å². The van der Waals surface area contributed by atoms with Crippen LogP contribution in [0.15, 0.2) is 58.4 Å². The van der Waals surface area contributed by atoms with E-state index in [1.165, 1.54) is 4.90 Å². The number of nitrogens with one attached hydrogen (secondary N) is 2. The van der Waals surface area contributed by atoms with Gasteiger partial charge in [0.25, 0.3) is 17.4 Å². The molecule has 200 valence electrons. The van der Waals surface area contributed by atoms with Crippen LogP contribution in [0.5, 0.6) is 0 Å². The molecule has 2 aromatic carbocycles. The minimum Gasteiger partial charge on any atom is -0.382 e. The number of amides is 2. The molecule has 2 N–H and O–H groups in total. The normalized spacial score (nSPS) is 17.4. The lowest BCUT2D eigenvalue weighted by molar-refractivity contribution is 0.0640. The van der Waals surface area contributed by atoms with Gasteiger partial charge in [-0.3, -0.25) is 24.3 Å². The van der Waals surface area contributed by atoms with E-state index >= 15 is 0 Å². The molecule has 0 saturated carbocycles. The van der Waals surface area contributed by atoms with Crippen molar-refractivity contribution in [3.8, 4) is 0 Å². The second-order valence-corrected chi connectivity index (χ2v) is 10.9. The number of halogens is 1. The molecule has 3 aliphatic heterocycles. The molecule has 1 saturated heterocycles. The molecule has 0 radical (unpaired) electrons. The van der Waals surface area contributed by atoms with Gasteiger partial charge in [-0.25, -0.2) is 0 Å². The Hall–Kier alpha value is -3.75.